The van der Waals surface area contributed by atoms with Crippen molar-refractivity contribution in [3.63, 3.8) is 0 Å². The molecule has 2 heterocycles. The maximum absolute atomic E-state index is 13.6. The second kappa shape index (κ2) is 9.29. The summed E-state index contributed by atoms with van der Waals surface area (Å²) in [7, 11) is 0. The summed E-state index contributed by atoms with van der Waals surface area (Å²) in [5, 5.41) is 0. The van der Waals surface area contributed by atoms with E-state index in [1.165, 1.54) is 0 Å². The average molecular weight is 406 g/mol. The number of aromatic nitrogens is 1. The molecule has 0 spiro atoms. The van der Waals surface area contributed by atoms with Crippen LogP contribution in [0.25, 0.3) is 5.52 Å². The molecule has 0 aliphatic rings. The Morgan fingerprint density at radius 2 is 1.63 bits per heavy atom. The highest BCUT2D eigenvalue weighted by molar-refractivity contribution is 6.13. The average Bonchev–Trinajstić information content (AvgIpc) is 3.04. The van der Waals surface area contributed by atoms with Gasteiger partial charge in [0, 0.05) is 17.5 Å². The molecule has 0 aliphatic heterocycles. The van der Waals surface area contributed by atoms with Crippen LogP contribution in [-0.2, 0) is 11.2 Å². The highest BCUT2D eigenvalue weighted by atomic mass is 16.5. The number of esters is 1. The molecular formula is C26H31NO3. The maximum Gasteiger partial charge on any atom is 0.316 e. The molecule has 0 aliphatic carbocycles. The van der Waals surface area contributed by atoms with Crippen LogP contribution in [0.5, 0.6) is 5.75 Å². The zero-order valence-corrected chi connectivity index (χ0v) is 18.4. The van der Waals surface area contributed by atoms with Crippen LogP contribution in [0.1, 0.15) is 75.0 Å². The highest BCUT2D eigenvalue weighted by Crippen LogP contribution is 2.35. The van der Waals surface area contributed by atoms with Gasteiger partial charge in [0.05, 0.1) is 16.5 Å². The number of ether oxygens (including phenoxy) is 1. The first-order valence-corrected chi connectivity index (χ1v) is 10.8. The Morgan fingerprint density at radius 1 is 0.933 bits per heavy atom. The summed E-state index contributed by atoms with van der Waals surface area (Å²) in [6.07, 6.45) is 7.10. The number of unbranched alkanes of at least 4 members (excludes halogenated alkanes) is 3. The van der Waals surface area contributed by atoms with Gasteiger partial charge in [-0.15, -0.1) is 0 Å². The number of carbonyl (C=O) groups is 2. The Morgan fingerprint density at radius 3 is 2.30 bits per heavy atom. The van der Waals surface area contributed by atoms with Gasteiger partial charge in [0.25, 0.3) is 0 Å². The standard InChI is InChI=1S/C26H31NO3/c1-5-6-7-11-16-20-22(23(28)19-14-9-8-10-15-19)24(30-25(29)26(2,3)4)21-17-12-13-18-27(20)21/h8-10,12-15,17-18H,5-7,11,16H2,1-4H3. The minimum atomic E-state index is -0.669. The first kappa shape index (κ1) is 21.8. The molecule has 0 fully saturated rings. The third-order valence-electron chi connectivity index (χ3n) is 5.24. The second-order valence-corrected chi connectivity index (χ2v) is 8.75. The Balaban J connectivity index is 2.16. The van der Waals surface area contributed by atoms with Gasteiger partial charge >= 0.3 is 5.97 Å². The van der Waals surface area contributed by atoms with Crippen molar-refractivity contribution in [2.75, 3.05) is 0 Å². The molecule has 0 atom stereocenters. The van der Waals surface area contributed by atoms with Crippen molar-refractivity contribution in [1.82, 2.24) is 4.40 Å². The molecule has 4 heteroatoms. The fourth-order valence-electron chi connectivity index (χ4n) is 3.52. The van der Waals surface area contributed by atoms with Crippen molar-refractivity contribution in [3.05, 3.63) is 71.5 Å². The van der Waals surface area contributed by atoms with E-state index in [1.807, 2.05) is 67.8 Å². The SMILES string of the molecule is CCCCCCc1c(C(=O)c2ccccc2)c(OC(=O)C(C)(C)C)c2ccccn12. The highest BCUT2D eigenvalue weighted by Gasteiger charge is 2.30. The Labute approximate surface area is 178 Å². The van der Waals surface area contributed by atoms with Gasteiger partial charge in [0.1, 0.15) is 0 Å². The summed E-state index contributed by atoms with van der Waals surface area (Å²) in [5.41, 5.74) is 2.09. The van der Waals surface area contributed by atoms with Crippen LogP contribution in [0.4, 0.5) is 0 Å². The molecule has 0 amide bonds. The van der Waals surface area contributed by atoms with Crippen LogP contribution in [0.3, 0.4) is 0 Å². The summed E-state index contributed by atoms with van der Waals surface area (Å²) in [6.45, 7) is 7.63. The lowest BCUT2D eigenvalue weighted by atomic mass is 9.97. The van der Waals surface area contributed by atoms with E-state index < -0.39 is 5.41 Å². The van der Waals surface area contributed by atoms with Crippen molar-refractivity contribution in [2.45, 2.75) is 59.8 Å². The molecule has 0 radical (unpaired) electrons. The number of carbonyl (C=O) groups excluding carboxylic acids is 2. The molecule has 3 aromatic rings. The number of benzene rings is 1. The first-order chi connectivity index (χ1) is 14.3. The van der Waals surface area contributed by atoms with E-state index in [1.54, 1.807) is 12.1 Å². The van der Waals surface area contributed by atoms with Crippen molar-refractivity contribution >= 4 is 17.3 Å². The van der Waals surface area contributed by atoms with Crippen LogP contribution in [0.2, 0.25) is 0 Å². The van der Waals surface area contributed by atoms with Crippen molar-refractivity contribution in [3.8, 4) is 5.75 Å². The number of aryl methyl sites for hydroxylation is 1. The molecule has 3 rings (SSSR count). The number of pyridine rings is 1. The third kappa shape index (κ3) is 4.64. The Bertz CT molecular complexity index is 1030. The van der Waals surface area contributed by atoms with Crippen LogP contribution < -0.4 is 4.74 Å². The normalized spacial score (nSPS) is 11.6. The number of ketones is 1. The number of nitrogens with zero attached hydrogens (tertiary/aromatic N) is 1. The Kier molecular flexibility index (Phi) is 6.76. The van der Waals surface area contributed by atoms with Crippen molar-refractivity contribution < 1.29 is 14.3 Å². The van der Waals surface area contributed by atoms with E-state index in [4.69, 9.17) is 4.74 Å². The molecule has 0 unspecified atom stereocenters. The summed E-state index contributed by atoms with van der Waals surface area (Å²) in [5.74, 6) is -0.0881. The summed E-state index contributed by atoms with van der Waals surface area (Å²) >= 11 is 0. The number of hydrogen-bond donors (Lipinski definition) is 0. The molecule has 2 aromatic heterocycles. The minimum absolute atomic E-state index is 0.110. The van der Waals surface area contributed by atoms with E-state index in [2.05, 4.69) is 6.92 Å². The molecule has 4 nitrogen and oxygen atoms in total. The van der Waals surface area contributed by atoms with Gasteiger partial charge in [-0.25, -0.2) is 0 Å². The third-order valence-corrected chi connectivity index (χ3v) is 5.24. The van der Waals surface area contributed by atoms with Crippen molar-refractivity contribution in [1.29, 1.82) is 0 Å². The van der Waals surface area contributed by atoms with E-state index in [0.717, 1.165) is 43.3 Å². The minimum Gasteiger partial charge on any atom is -0.423 e. The van der Waals surface area contributed by atoms with Gasteiger partial charge in [-0.3, -0.25) is 9.59 Å². The lowest BCUT2D eigenvalue weighted by molar-refractivity contribution is -0.142. The summed E-state index contributed by atoms with van der Waals surface area (Å²) < 4.78 is 7.90. The predicted octanol–water partition coefficient (Wildman–Crippen LogP) is 6.24. The molecule has 0 saturated heterocycles. The Hall–Kier alpha value is -2.88. The zero-order chi connectivity index (χ0) is 21.7. The number of hydrogen-bond acceptors (Lipinski definition) is 3. The van der Waals surface area contributed by atoms with Gasteiger partial charge in [-0.05, 0) is 45.7 Å². The fourth-order valence-corrected chi connectivity index (χ4v) is 3.52. The van der Waals surface area contributed by atoms with Gasteiger partial charge in [-0.1, -0.05) is 62.6 Å². The molecular weight excluding hydrogens is 374 g/mol. The molecule has 0 N–H and O–H groups in total. The van der Waals surface area contributed by atoms with E-state index in [-0.39, 0.29) is 11.8 Å². The number of fused-ring (bicyclic) bond motifs is 1. The van der Waals surface area contributed by atoms with E-state index in [9.17, 15) is 9.59 Å². The van der Waals surface area contributed by atoms with E-state index in [0.29, 0.717) is 16.9 Å². The quantitative estimate of drug-likeness (QED) is 0.253. The van der Waals surface area contributed by atoms with Crippen molar-refractivity contribution in [2.24, 2.45) is 5.41 Å². The van der Waals surface area contributed by atoms with Crippen LogP contribution in [-0.4, -0.2) is 16.2 Å². The van der Waals surface area contributed by atoms with Crippen LogP contribution in [0, 0.1) is 5.41 Å². The predicted molar refractivity (Wildman–Crippen MR) is 120 cm³/mol. The lowest BCUT2D eigenvalue weighted by Gasteiger charge is -2.17. The topological polar surface area (TPSA) is 47.8 Å². The fraction of sp³-hybridized carbons (Fsp3) is 0.385. The monoisotopic (exact) mass is 405 g/mol. The van der Waals surface area contributed by atoms with Gasteiger partial charge in [0.2, 0.25) is 0 Å². The summed E-state index contributed by atoms with van der Waals surface area (Å²) in [6, 6.07) is 15.0. The largest absolute Gasteiger partial charge is 0.423 e. The zero-order valence-electron chi connectivity index (χ0n) is 18.4. The van der Waals surface area contributed by atoms with Crippen LogP contribution in [0.15, 0.2) is 54.7 Å². The maximum atomic E-state index is 13.6. The molecule has 0 saturated carbocycles. The summed E-state index contributed by atoms with van der Waals surface area (Å²) in [4.78, 5) is 26.3. The molecule has 158 valence electrons. The van der Waals surface area contributed by atoms with Gasteiger partial charge in [0.15, 0.2) is 11.5 Å². The first-order valence-electron chi connectivity index (χ1n) is 10.8. The van der Waals surface area contributed by atoms with Crippen LogP contribution >= 0.6 is 0 Å². The number of rotatable bonds is 8. The molecule has 0 bridgehead atoms. The smallest absolute Gasteiger partial charge is 0.316 e. The molecule has 30 heavy (non-hydrogen) atoms. The van der Waals surface area contributed by atoms with Gasteiger partial charge < -0.3 is 9.14 Å². The molecule has 1 aromatic carbocycles. The second-order valence-electron chi connectivity index (χ2n) is 8.75. The lowest BCUT2D eigenvalue weighted by Crippen LogP contribution is -2.26. The van der Waals surface area contributed by atoms with Gasteiger partial charge in [-0.2, -0.15) is 0 Å². The van der Waals surface area contributed by atoms with E-state index >= 15 is 0 Å².